The number of carbonyl (C=O) groups is 1. The van der Waals surface area contributed by atoms with E-state index in [1.54, 1.807) is 12.1 Å². The topological polar surface area (TPSA) is 49.3 Å². The number of halogens is 2. The van der Waals surface area contributed by atoms with Crippen LogP contribution in [0.1, 0.15) is 15.3 Å². The monoisotopic (exact) mass is 313 g/mol. The molecule has 0 spiro atoms. The third-order valence-corrected chi connectivity index (χ3v) is 4.03. The van der Waals surface area contributed by atoms with E-state index in [9.17, 15) is 9.18 Å². The zero-order valence-corrected chi connectivity index (χ0v) is 12.1. The highest BCUT2D eigenvalue weighted by atomic mass is 35.5. The van der Waals surface area contributed by atoms with E-state index >= 15 is 0 Å². The van der Waals surface area contributed by atoms with E-state index in [-0.39, 0.29) is 11.4 Å². The molecule has 0 fully saturated rings. The van der Waals surface area contributed by atoms with E-state index in [0.29, 0.717) is 13.1 Å². The molecule has 0 aliphatic heterocycles. The fourth-order valence-corrected chi connectivity index (χ4v) is 2.92. The minimum Gasteiger partial charge on any atom is -0.481 e. The molecule has 0 radical (unpaired) electrons. The number of benzene rings is 1. The van der Waals surface area contributed by atoms with Crippen molar-refractivity contribution in [3.05, 3.63) is 56.5 Å². The molecule has 0 aliphatic carbocycles. The number of hydrogen-bond donors (Lipinski definition) is 2. The van der Waals surface area contributed by atoms with Crippen molar-refractivity contribution >= 4 is 28.9 Å². The second-order valence-electron chi connectivity index (χ2n) is 4.29. The summed E-state index contributed by atoms with van der Waals surface area (Å²) in [4.78, 5) is 12.5. The van der Waals surface area contributed by atoms with Gasteiger partial charge in [0.2, 0.25) is 0 Å². The number of hydrogen-bond acceptors (Lipinski definition) is 3. The summed E-state index contributed by atoms with van der Waals surface area (Å²) in [5.74, 6) is -1.25. The SMILES string of the molecule is O=C(O)Cc1ccc(CNCc2ccc(F)c(Cl)c2)s1. The molecule has 0 saturated carbocycles. The minimum absolute atomic E-state index is 0.0538. The molecule has 20 heavy (non-hydrogen) atoms. The summed E-state index contributed by atoms with van der Waals surface area (Å²) in [6, 6.07) is 8.35. The average molecular weight is 314 g/mol. The highest BCUT2D eigenvalue weighted by Crippen LogP contribution is 2.18. The Balaban J connectivity index is 1.84. The van der Waals surface area contributed by atoms with E-state index in [0.717, 1.165) is 15.3 Å². The fourth-order valence-electron chi connectivity index (χ4n) is 1.74. The largest absolute Gasteiger partial charge is 0.481 e. The molecule has 106 valence electrons. The van der Waals surface area contributed by atoms with Gasteiger partial charge >= 0.3 is 5.97 Å². The van der Waals surface area contributed by atoms with Gasteiger partial charge in [0.15, 0.2) is 0 Å². The molecule has 0 unspecified atom stereocenters. The molecule has 2 rings (SSSR count). The van der Waals surface area contributed by atoms with Crippen LogP contribution in [0.2, 0.25) is 5.02 Å². The Morgan fingerprint density at radius 2 is 2.00 bits per heavy atom. The number of rotatable bonds is 6. The molecule has 2 aromatic rings. The van der Waals surface area contributed by atoms with Gasteiger partial charge in [-0.05, 0) is 29.8 Å². The van der Waals surface area contributed by atoms with Gasteiger partial charge in [0.05, 0.1) is 11.4 Å². The van der Waals surface area contributed by atoms with Gasteiger partial charge in [0, 0.05) is 22.8 Å². The molecule has 2 N–H and O–H groups in total. The highest BCUT2D eigenvalue weighted by Gasteiger charge is 2.05. The number of carboxylic acid groups (broad SMARTS) is 1. The van der Waals surface area contributed by atoms with Crippen LogP contribution in [-0.2, 0) is 24.3 Å². The van der Waals surface area contributed by atoms with Gasteiger partial charge in [0.1, 0.15) is 5.82 Å². The molecule has 0 atom stereocenters. The van der Waals surface area contributed by atoms with Gasteiger partial charge in [-0.3, -0.25) is 4.79 Å². The molecule has 1 heterocycles. The van der Waals surface area contributed by atoms with Crippen molar-refractivity contribution in [1.82, 2.24) is 5.32 Å². The second kappa shape index (κ2) is 6.83. The molecule has 3 nitrogen and oxygen atoms in total. The van der Waals surface area contributed by atoms with Crippen molar-refractivity contribution in [2.75, 3.05) is 0 Å². The number of carboxylic acids is 1. The van der Waals surface area contributed by atoms with Gasteiger partial charge < -0.3 is 10.4 Å². The van der Waals surface area contributed by atoms with E-state index in [1.165, 1.54) is 17.4 Å². The molecule has 6 heteroatoms. The van der Waals surface area contributed by atoms with Crippen molar-refractivity contribution in [2.24, 2.45) is 0 Å². The lowest BCUT2D eigenvalue weighted by molar-refractivity contribution is -0.136. The van der Waals surface area contributed by atoms with Crippen LogP contribution in [0.4, 0.5) is 4.39 Å². The van der Waals surface area contributed by atoms with Crippen LogP contribution >= 0.6 is 22.9 Å². The van der Waals surface area contributed by atoms with Crippen molar-refractivity contribution < 1.29 is 14.3 Å². The van der Waals surface area contributed by atoms with Crippen LogP contribution in [0.3, 0.4) is 0 Å². The first-order valence-corrected chi connectivity index (χ1v) is 7.18. The highest BCUT2D eigenvalue weighted by molar-refractivity contribution is 7.12. The van der Waals surface area contributed by atoms with Crippen molar-refractivity contribution in [3.63, 3.8) is 0 Å². The van der Waals surface area contributed by atoms with Crippen molar-refractivity contribution in [1.29, 1.82) is 0 Å². The summed E-state index contributed by atoms with van der Waals surface area (Å²) >= 11 is 7.18. The molecular weight excluding hydrogens is 301 g/mol. The Morgan fingerprint density at radius 1 is 1.25 bits per heavy atom. The third-order valence-electron chi connectivity index (χ3n) is 2.66. The Bertz CT molecular complexity index is 615. The molecule has 1 aromatic heterocycles. The predicted molar refractivity (Wildman–Crippen MR) is 77.6 cm³/mol. The predicted octanol–water partition coefficient (Wildman–Crippen LogP) is 3.46. The first kappa shape index (κ1) is 15.0. The smallest absolute Gasteiger partial charge is 0.308 e. The summed E-state index contributed by atoms with van der Waals surface area (Å²) in [6.07, 6.45) is 0.0538. The Hall–Kier alpha value is -1.43. The molecule has 0 amide bonds. The second-order valence-corrected chi connectivity index (χ2v) is 5.95. The lowest BCUT2D eigenvalue weighted by Gasteiger charge is -2.04. The minimum atomic E-state index is -0.827. The normalized spacial score (nSPS) is 10.7. The van der Waals surface area contributed by atoms with E-state index in [4.69, 9.17) is 16.7 Å². The van der Waals surface area contributed by atoms with Crippen LogP contribution in [0.5, 0.6) is 0 Å². The molecular formula is C14H13ClFNO2S. The van der Waals surface area contributed by atoms with E-state index in [2.05, 4.69) is 5.32 Å². The molecule has 0 aliphatic rings. The van der Waals surface area contributed by atoms with Crippen LogP contribution in [0.25, 0.3) is 0 Å². The van der Waals surface area contributed by atoms with Crippen molar-refractivity contribution in [3.8, 4) is 0 Å². The first-order valence-electron chi connectivity index (χ1n) is 5.98. The number of aliphatic carboxylic acids is 1. The Morgan fingerprint density at radius 3 is 2.70 bits per heavy atom. The van der Waals surface area contributed by atoms with Gasteiger partial charge in [-0.2, -0.15) is 0 Å². The van der Waals surface area contributed by atoms with Crippen molar-refractivity contribution in [2.45, 2.75) is 19.5 Å². The standard InChI is InChI=1S/C14H13ClFNO2S/c15-12-5-9(1-4-13(12)16)7-17-8-11-3-2-10(20-11)6-14(18)19/h1-5,17H,6-8H2,(H,18,19). The number of thiophene rings is 1. The van der Waals surface area contributed by atoms with Gasteiger partial charge in [0.25, 0.3) is 0 Å². The number of nitrogens with one attached hydrogen (secondary N) is 1. The Labute approximate surface area is 125 Å². The van der Waals surface area contributed by atoms with Crippen LogP contribution in [-0.4, -0.2) is 11.1 Å². The fraction of sp³-hybridized carbons (Fsp3) is 0.214. The quantitative estimate of drug-likeness (QED) is 0.858. The Kier molecular flexibility index (Phi) is 5.11. The molecule has 1 aromatic carbocycles. The first-order chi connectivity index (χ1) is 9.54. The maximum Gasteiger partial charge on any atom is 0.308 e. The van der Waals surface area contributed by atoms with Crippen LogP contribution in [0, 0.1) is 5.82 Å². The zero-order chi connectivity index (χ0) is 14.5. The summed E-state index contributed by atoms with van der Waals surface area (Å²) in [6.45, 7) is 1.21. The molecule has 0 saturated heterocycles. The lowest BCUT2D eigenvalue weighted by Crippen LogP contribution is -2.11. The third kappa shape index (κ3) is 4.30. The molecule has 0 bridgehead atoms. The van der Waals surface area contributed by atoms with E-state index in [1.807, 2.05) is 12.1 Å². The van der Waals surface area contributed by atoms with Crippen LogP contribution in [0.15, 0.2) is 30.3 Å². The van der Waals surface area contributed by atoms with Gasteiger partial charge in [-0.15, -0.1) is 11.3 Å². The summed E-state index contributed by atoms with van der Waals surface area (Å²) < 4.78 is 13.0. The van der Waals surface area contributed by atoms with Gasteiger partial charge in [-0.1, -0.05) is 17.7 Å². The maximum atomic E-state index is 13.0. The van der Waals surface area contributed by atoms with Crippen LogP contribution < -0.4 is 5.32 Å². The van der Waals surface area contributed by atoms with E-state index < -0.39 is 11.8 Å². The average Bonchev–Trinajstić information content (AvgIpc) is 2.80. The van der Waals surface area contributed by atoms with Gasteiger partial charge in [-0.25, -0.2) is 4.39 Å². The lowest BCUT2D eigenvalue weighted by atomic mass is 10.2. The summed E-state index contributed by atoms with van der Waals surface area (Å²) in [7, 11) is 0. The summed E-state index contributed by atoms with van der Waals surface area (Å²) in [5, 5.41) is 12.0. The maximum absolute atomic E-state index is 13.0. The zero-order valence-electron chi connectivity index (χ0n) is 10.5. The summed E-state index contributed by atoms with van der Waals surface area (Å²) in [5.41, 5.74) is 0.902.